The first-order valence-corrected chi connectivity index (χ1v) is 5.92. The van der Waals surface area contributed by atoms with E-state index in [1.54, 1.807) is 4.89 Å². The molecule has 2 N–H and O–H groups in total. The van der Waals surface area contributed by atoms with Gasteiger partial charge in [-0.1, -0.05) is 4.89 Å². The second-order valence-electron chi connectivity index (χ2n) is 2.76. The van der Waals surface area contributed by atoms with Crippen molar-refractivity contribution in [1.82, 2.24) is 4.89 Å². The highest BCUT2D eigenvalue weighted by Gasteiger charge is 2.12. The second-order valence-corrected chi connectivity index (χ2v) is 4.57. The van der Waals surface area contributed by atoms with Gasteiger partial charge >= 0.3 is 11.9 Å². The maximum Gasteiger partial charge on any atom is 0.331 e. The van der Waals surface area contributed by atoms with Gasteiger partial charge in [0.1, 0.15) is 0 Å². The number of rotatable bonds is 8. The lowest BCUT2D eigenvalue weighted by molar-refractivity contribution is -0.143. The van der Waals surface area contributed by atoms with Crippen LogP contribution in [0.15, 0.2) is 0 Å². The zero-order chi connectivity index (χ0) is 12.6. The third-order valence-electron chi connectivity index (χ3n) is 1.40. The first-order chi connectivity index (χ1) is 7.37. The van der Waals surface area contributed by atoms with Gasteiger partial charge in [0, 0.05) is 6.42 Å². The van der Waals surface area contributed by atoms with E-state index >= 15 is 0 Å². The molecule has 0 aliphatic carbocycles. The molecule has 0 aliphatic rings. The van der Waals surface area contributed by atoms with Crippen molar-refractivity contribution < 1.29 is 32.7 Å². The lowest BCUT2D eigenvalue weighted by Gasteiger charge is -2.04. The van der Waals surface area contributed by atoms with Crippen LogP contribution in [0.3, 0.4) is 0 Å². The first-order valence-electron chi connectivity index (χ1n) is 4.27. The van der Waals surface area contributed by atoms with Crippen molar-refractivity contribution in [1.29, 1.82) is 0 Å². The summed E-state index contributed by atoms with van der Waals surface area (Å²) < 4.78 is 26.5. The molecule has 0 unspecified atom stereocenters. The highest BCUT2D eigenvalue weighted by molar-refractivity contribution is 7.89. The second kappa shape index (κ2) is 7.14. The lowest BCUT2D eigenvalue weighted by atomic mass is 10.3. The minimum absolute atomic E-state index is 0.0314. The number of sulfonamides is 1. The summed E-state index contributed by atoms with van der Waals surface area (Å²) in [5.74, 6) is -2.15. The normalized spacial score (nSPS) is 11.1. The molecule has 0 fully saturated rings. The highest BCUT2D eigenvalue weighted by Crippen LogP contribution is 1.96. The van der Waals surface area contributed by atoms with Crippen molar-refractivity contribution in [3.05, 3.63) is 0 Å². The molecule has 8 nitrogen and oxygen atoms in total. The Balaban J connectivity index is 3.79. The van der Waals surface area contributed by atoms with Gasteiger partial charge in [0.2, 0.25) is 10.0 Å². The number of esters is 1. The monoisotopic (exact) mass is 255 g/mol. The van der Waals surface area contributed by atoms with Crippen molar-refractivity contribution >= 4 is 22.0 Å². The molecular formula is C7H13NO7S. The number of carboxylic acids is 1. The molecule has 0 amide bonds. The summed E-state index contributed by atoms with van der Waals surface area (Å²) in [6.45, 7) is -0.768. The number of ether oxygens (including phenoxy) is 1. The van der Waals surface area contributed by atoms with Crippen molar-refractivity contribution in [2.75, 3.05) is 19.5 Å². The molecule has 94 valence electrons. The molecule has 0 rings (SSSR count). The number of carboxylic acid groups (broad SMARTS) is 1. The van der Waals surface area contributed by atoms with Gasteiger partial charge in [-0.3, -0.25) is 9.63 Å². The molecular weight excluding hydrogens is 242 g/mol. The lowest BCUT2D eigenvalue weighted by Crippen LogP contribution is -2.29. The predicted molar refractivity (Wildman–Crippen MR) is 51.8 cm³/mol. The van der Waals surface area contributed by atoms with Gasteiger partial charge in [-0.2, -0.15) is 0 Å². The number of aliphatic carboxylic acids is 1. The van der Waals surface area contributed by atoms with E-state index in [1.165, 1.54) is 7.11 Å². The summed E-state index contributed by atoms with van der Waals surface area (Å²) >= 11 is 0. The van der Waals surface area contributed by atoms with Crippen LogP contribution >= 0.6 is 0 Å². The predicted octanol–water partition coefficient (Wildman–Crippen LogP) is -1.12. The Bertz CT molecular complexity index is 337. The number of carbonyl (C=O) groups is 2. The van der Waals surface area contributed by atoms with E-state index in [4.69, 9.17) is 5.11 Å². The zero-order valence-corrected chi connectivity index (χ0v) is 9.45. The molecule has 16 heavy (non-hydrogen) atoms. The number of carbonyl (C=O) groups excluding carboxylic acids is 1. The molecule has 0 aromatic carbocycles. The van der Waals surface area contributed by atoms with E-state index in [0.29, 0.717) is 0 Å². The molecule has 0 saturated heterocycles. The van der Waals surface area contributed by atoms with Crippen LogP contribution in [0.5, 0.6) is 0 Å². The van der Waals surface area contributed by atoms with Crippen LogP contribution in [-0.2, 0) is 29.2 Å². The molecule has 0 radical (unpaired) electrons. The fraction of sp³-hybridized carbons (Fsp3) is 0.714. The fourth-order valence-electron chi connectivity index (χ4n) is 0.731. The van der Waals surface area contributed by atoms with Crippen molar-refractivity contribution in [3.8, 4) is 0 Å². The molecule has 0 aromatic rings. The van der Waals surface area contributed by atoms with Crippen LogP contribution in [0, 0.1) is 0 Å². The Morgan fingerprint density at radius 2 is 2.00 bits per heavy atom. The quantitative estimate of drug-likeness (QED) is 0.416. The third kappa shape index (κ3) is 8.15. The molecule has 0 aliphatic heterocycles. The van der Waals surface area contributed by atoms with Gasteiger partial charge in [0.25, 0.3) is 0 Å². The van der Waals surface area contributed by atoms with Crippen LogP contribution in [0.1, 0.15) is 12.8 Å². The minimum Gasteiger partial charge on any atom is -0.479 e. The van der Waals surface area contributed by atoms with Crippen molar-refractivity contribution in [3.63, 3.8) is 0 Å². The summed E-state index contributed by atoms with van der Waals surface area (Å²) in [5, 5.41) is 8.17. The number of hydrogen-bond donors (Lipinski definition) is 2. The Kier molecular flexibility index (Phi) is 6.61. The minimum atomic E-state index is -3.72. The smallest absolute Gasteiger partial charge is 0.331 e. The summed E-state index contributed by atoms with van der Waals surface area (Å²) in [4.78, 5) is 26.5. The van der Waals surface area contributed by atoms with Crippen LogP contribution in [0.25, 0.3) is 0 Å². The Morgan fingerprint density at radius 1 is 1.38 bits per heavy atom. The summed E-state index contributed by atoms with van der Waals surface area (Å²) in [5.41, 5.74) is 0. The Hall–Kier alpha value is -1.19. The SMILES string of the molecule is COC(=O)CCCS(=O)(=O)NOCC(=O)O. The van der Waals surface area contributed by atoms with Crippen LogP contribution in [0.4, 0.5) is 0 Å². The molecule has 0 atom stereocenters. The Morgan fingerprint density at radius 3 is 2.50 bits per heavy atom. The molecule has 0 saturated carbocycles. The maximum atomic E-state index is 11.1. The van der Waals surface area contributed by atoms with Crippen molar-refractivity contribution in [2.24, 2.45) is 0 Å². The average Bonchev–Trinajstić information content (AvgIpc) is 2.16. The largest absolute Gasteiger partial charge is 0.479 e. The van der Waals surface area contributed by atoms with E-state index in [9.17, 15) is 18.0 Å². The highest BCUT2D eigenvalue weighted by atomic mass is 32.2. The number of methoxy groups -OCH3 is 1. The van der Waals surface area contributed by atoms with E-state index < -0.39 is 28.6 Å². The van der Waals surface area contributed by atoms with Gasteiger partial charge in [0.15, 0.2) is 6.61 Å². The zero-order valence-electron chi connectivity index (χ0n) is 8.63. The van der Waals surface area contributed by atoms with Crippen LogP contribution in [-0.4, -0.2) is 44.9 Å². The van der Waals surface area contributed by atoms with Gasteiger partial charge in [-0.15, -0.1) is 0 Å². The van der Waals surface area contributed by atoms with E-state index in [-0.39, 0.29) is 18.6 Å². The topological polar surface area (TPSA) is 119 Å². The molecule has 0 bridgehead atoms. The maximum absolute atomic E-state index is 11.1. The van der Waals surface area contributed by atoms with Gasteiger partial charge in [0.05, 0.1) is 12.9 Å². The Labute approximate surface area is 92.5 Å². The van der Waals surface area contributed by atoms with Gasteiger partial charge < -0.3 is 9.84 Å². The van der Waals surface area contributed by atoms with Gasteiger partial charge in [-0.25, -0.2) is 13.2 Å². The van der Waals surface area contributed by atoms with E-state index in [1.807, 2.05) is 0 Å². The molecule has 0 heterocycles. The standard InChI is InChI=1S/C7H13NO7S/c1-14-7(11)3-2-4-16(12,13)8-15-5-6(9)10/h8H,2-5H2,1H3,(H,9,10). The first kappa shape index (κ1) is 14.8. The van der Waals surface area contributed by atoms with Crippen LogP contribution in [0.2, 0.25) is 0 Å². The third-order valence-corrected chi connectivity index (χ3v) is 2.60. The summed E-state index contributed by atoms with van der Waals surface area (Å²) in [6, 6.07) is 0. The summed E-state index contributed by atoms with van der Waals surface area (Å²) in [7, 11) is -2.53. The molecule has 0 spiro atoms. The fourth-order valence-corrected chi connectivity index (χ4v) is 1.58. The molecule has 0 aromatic heterocycles. The van der Waals surface area contributed by atoms with E-state index in [0.717, 1.165) is 0 Å². The molecule has 9 heteroatoms. The van der Waals surface area contributed by atoms with E-state index in [2.05, 4.69) is 9.57 Å². The number of nitrogens with one attached hydrogen (secondary N) is 1. The van der Waals surface area contributed by atoms with Crippen molar-refractivity contribution in [2.45, 2.75) is 12.8 Å². The van der Waals surface area contributed by atoms with Gasteiger partial charge in [-0.05, 0) is 6.42 Å². The average molecular weight is 255 g/mol. The van der Waals surface area contributed by atoms with Crippen LogP contribution < -0.4 is 4.89 Å². The summed E-state index contributed by atoms with van der Waals surface area (Å²) in [6.07, 6.45) is 0.0365. The number of hydrogen-bond acceptors (Lipinski definition) is 6.